The van der Waals surface area contributed by atoms with Gasteiger partial charge < -0.3 is 14.4 Å². The van der Waals surface area contributed by atoms with Crippen molar-refractivity contribution in [1.29, 1.82) is 0 Å². The van der Waals surface area contributed by atoms with Crippen LogP contribution in [0.3, 0.4) is 0 Å². The number of carbonyl (C=O) groups excluding carboxylic acids is 1. The Balaban J connectivity index is 1.61. The third-order valence-corrected chi connectivity index (χ3v) is 3.89. The van der Waals surface area contributed by atoms with Crippen molar-refractivity contribution < 1.29 is 27.4 Å². The number of hydrogen-bond acceptors (Lipinski definition) is 3. The molecular weight excluding hydrogens is 347 g/mol. The van der Waals surface area contributed by atoms with E-state index in [9.17, 15) is 18.0 Å². The highest BCUT2D eigenvalue weighted by Crippen LogP contribution is 2.32. The number of benzene rings is 2. The third kappa shape index (κ3) is 4.17. The molecule has 1 heterocycles. The minimum absolute atomic E-state index is 0.184. The van der Waals surface area contributed by atoms with Crippen molar-refractivity contribution in [2.75, 3.05) is 13.8 Å². The first-order chi connectivity index (χ1) is 12.3. The number of hydrogen-bond donors (Lipinski definition) is 0. The van der Waals surface area contributed by atoms with Crippen LogP contribution in [0, 0.1) is 0 Å². The van der Waals surface area contributed by atoms with Gasteiger partial charge in [0.15, 0.2) is 11.5 Å². The minimum atomic E-state index is -4.37. The highest BCUT2D eigenvalue weighted by atomic mass is 19.4. The molecule has 0 unspecified atom stereocenters. The van der Waals surface area contributed by atoms with Crippen LogP contribution in [-0.4, -0.2) is 24.6 Å². The third-order valence-electron chi connectivity index (χ3n) is 3.89. The highest BCUT2D eigenvalue weighted by molar-refractivity contribution is 5.91. The van der Waals surface area contributed by atoms with E-state index in [1.54, 1.807) is 13.1 Å². The maximum atomic E-state index is 12.5. The Hall–Kier alpha value is -2.96. The fraction of sp³-hybridized carbons (Fsp3) is 0.211. The van der Waals surface area contributed by atoms with Gasteiger partial charge in [0.2, 0.25) is 12.7 Å². The zero-order valence-corrected chi connectivity index (χ0v) is 13.9. The van der Waals surface area contributed by atoms with Crippen LogP contribution in [0.5, 0.6) is 11.5 Å². The van der Waals surface area contributed by atoms with Gasteiger partial charge in [-0.05, 0) is 41.5 Å². The first-order valence-electron chi connectivity index (χ1n) is 7.82. The molecule has 3 rings (SSSR count). The molecule has 0 spiro atoms. The summed E-state index contributed by atoms with van der Waals surface area (Å²) in [6.45, 7) is 0.552. The summed E-state index contributed by atoms with van der Waals surface area (Å²) in [6, 6.07) is 10.1. The van der Waals surface area contributed by atoms with E-state index >= 15 is 0 Å². The molecule has 1 aliphatic heterocycles. The van der Waals surface area contributed by atoms with E-state index in [4.69, 9.17) is 9.47 Å². The molecule has 1 aliphatic rings. The normalized spacial score (nSPS) is 13.2. The van der Waals surface area contributed by atoms with Crippen LogP contribution in [0.2, 0.25) is 0 Å². The molecule has 0 saturated heterocycles. The van der Waals surface area contributed by atoms with Crippen LogP contribution in [0.25, 0.3) is 6.08 Å². The summed E-state index contributed by atoms with van der Waals surface area (Å²) in [5, 5.41) is 0. The van der Waals surface area contributed by atoms with E-state index in [2.05, 4.69) is 0 Å². The number of carbonyl (C=O) groups is 1. The quantitative estimate of drug-likeness (QED) is 0.768. The molecule has 7 heteroatoms. The number of alkyl halides is 3. The molecule has 136 valence electrons. The molecule has 2 aromatic carbocycles. The Morgan fingerprint density at radius 1 is 1.12 bits per heavy atom. The van der Waals surface area contributed by atoms with E-state index in [1.165, 1.54) is 29.2 Å². The van der Waals surface area contributed by atoms with Crippen LogP contribution >= 0.6 is 0 Å². The number of halogens is 3. The maximum absolute atomic E-state index is 12.5. The predicted octanol–water partition coefficient (Wildman–Crippen LogP) is 4.11. The van der Waals surface area contributed by atoms with Gasteiger partial charge in [-0.2, -0.15) is 13.2 Å². The summed E-state index contributed by atoms with van der Waals surface area (Å²) in [4.78, 5) is 13.7. The molecule has 0 fully saturated rings. The summed E-state index contributed by atoms with van der Waals surface area (Å²) in [5.41, 5.74) is 0.678. The van der Waals surface area contributed by atoms with Gasteiger partial charge in [-0.25, -0.2) is 0 Å². The van der Waals surface area contributed by atoms with Gasteiger partial charge in [-0.1, -0.05) is 18.2 Å². The zero-order chi connectivity index (χ0) is 18.7. The Bertz CT molecular complexity index is 829. The zero-order valence-electron chi connectivity index (χ0n) is 13.9. The summed E-state index contributed by atoms with van der Waals surface area (Å²) < 4.78 is 48.1. The second-order valence-electron chi connectivity index (χ2n) is 5.84. The van der Waals surface area contributed by atoms with Gasteiger partial charge in [0.25, 0.3) is 0 Å². The fourth-order valence-corrected chi connectivity index (χ4v) is 2.47. The van der Waals surface area contributed by atoms with Crippen molar-refractivity contribution in [3.63, 3.8) is 0 Å². The van der Waals surface area contributed by atoms with E-state index < -0.39 is 11.7 Å². The molecule has 26 heavy (non-hydrogen) atoms. The van der Waals surface area contributed by atoms with E-state index in [-0.39, 0.29) is 12.7 Å². The average molecular weight is 363 g/mol. The Labute approximate surface area is 148 Å². The SMILES string of the molecule is CN(Cc1ccc2c(c1)OCO2)C(=O)/C=C/c1ccc(C(F)(F)F)cc1. The topological polar surface area (TPSA) is 38.8 Å². The molecule has 4 nitrogen and oxygen atoms in total. The van der Waals surface area contributed by atoms with Gasteiger partial charge in [-0.15, -0.1) is 0 Å². The molecular formula is C19H16F3NO3. The Morgan fingerprint density at radius 2 is 1.81 bits per heavy atom. The largest absolute Gasteiger partial charge is 0.454 e. The van der Waals surface area contributed by atoms with Crippen molar-refractivity contribution in [3.8, 4) is 11.5 Å². The molecule has 2 aromatic rings. The summed E-state index contributed by atoms with van der Waals surface area (Å²) in [7, 11) is 1.64. The van der Waals surface area contributed by atoms with Crippen LogP contribution in [-0.2, 0) is 17.5 Å². The van der Waals surface area contributed by atoms with E-state index in [0.717, 1.165) is 17.7 Å². The monoisotopic (exact) mass is 363 g/mol. The Morgan fingerprint density at radius 3 is 2.50 bits per heavy atom. The van der Waals surface area contributed by atoms with Gasteiger partial charge >= 0.3 is 6.18 Å². The molecule has 0 bridgehead atoms. The summed E-state index contributed by atoms with van der Waals surface area (Å²) in [5.74, 6) is 1.05. The molecule has 0 aromatic heterocycles. The number of nitrogens with zero attached hydrogens (tertiary/aromatic N) is 1. The minimum Gasteiger partial charge on any atom is -0.454 e. The van der Waals surface area contributed by atoms with Crippen LogP contribution < -0.4 is 9.47 Å². The molecule has 0 saturated carbocycles. The van der Waals surface area contributed by atoms with Gasteiger partial charge in [-0.3, -0.25) is 4.79 Å². The van der Waals surface area contributed by atoms with E-state index in [1.807, 2.05) is 12.1 Å². The maximum Gasteiger partial charge on any atom is 0.416 e. The van der Waals surface area contributed by atoms with Crippen molar-refractivity contribution in [2.24, 2.45) is 0 Å². The molecule has 0 atom stereocenters. The van der Waals surface area contributed by atoms with E-state index in [0.29, 0.717) is 23.6 Å². The standard InChI is InChI=1S/C19H16F3NO3/c1-23(11-14-4-8-16-17(10-14)26-12-25-16)18(24)9-5-13-2-6-15(7-3-13)19(20,21)22/h2-10H,11-12H2,1H3/b9-5+. The second kappa shape index (κ2) is 7.11. The first kappa shape index (κ1) is 17.8. The molecule has 0 radical (unpaired) electrons. The van der Waals surface area contributed by atoms with Gasteiger partial charge in [0.1, 0.15) is 0 Å². The van der Waals surface area contributed by atoms with Crippen molar-refractivity contribution in [2.45, 2.75) is 12.7 Å². The van der Waals surface area contributed by atoms with Crippen LogP contribution in [0.4, 0.5) is 13.2 Å². The smallest absolute Gasteiger partial charge is 0.416 e. The highest BCUT2D eigenvalue weighted by Gasteiger charge is 2.29. The lowest BCUT2D eigenvalue weighted by Crippen LogP contribution is -2.24. The lowest BCUT2D eigenvalue weighted by molar-refractivity contribution is -0.137. The van der Waals surface area contributed by atoms with Crippen molar-refractivity contribution in [1.82, 2.24) is 4.90 Å². The lowest BCUT2D eigenvalue weighted by atomic mass is 10.1. The first-order valence-corrected chi connectivity index (χ1v) is 7.82. The molecule has 1 amide bonds. The Kier molecular flexibility index (Phi) is 4.88. The van der Waals surface area contributed by atoms with Crippen molar-refractivity contribution in [3.05, 3.63) is 65.2 Å². The molecule has 0 aliphatic carbocycles. The lowest BCUT2D eigenvalue weighted by Gasteiger charge is -2.15. The number of likely N-dealkylation sites (N-methyl/N-ethyl adjacent to an activating group) is 1. The second-order valence-corrected chi connectivity index (χ2v) is 5.84. The predicted molar refractivity (Wildman–Crippen MR) is 89.5 cm³/mol. The fourth-order valence-electron chi connectivity index (χ4n) is 2.47. The molecule has 0 N–H and O–H groups in total. The van der Waals surface area contributed by atoms with Crippen molar-refractivity contribution >= 4 is 12.0 Å². The average Bonchev–Trinajstić information content (AvgIpc) is 3.07. The number of ether oxygens (including phenoxy) is 2. The number of rotatable bonds is 4. The van der Waals surface area contributed by atoms with Gasteiger partial charge in [0, 0.05) is 19.7 Å². The number of fused-ring (bicyclic) bond motifs is 1. The summed E-state index contributed by atoms with van der Waals surface area (Å²) in [6.07, 6.45) is -1.56. The van der Waals surface area contributed by atoms with Crippen LogP contribution in [0.1, 0.15) is 16.7 Å². The summed E-state index contributed by atoms with van der Waals surface area (Å²) >= 11 is 0. The van der Waals surface area contributed by atoms with Gasteiger partial charge in [0.05, 0.1) is 5.56 Å². The number of amides is 1. The van der Waals surface area contributed by atoms with Crippen LogP contribution in [0.15, 0.2) is 48.5 Å².